The van der Waals surface area contributed by atoms with Crippen LogP contribution in [-0.4, -0.2) is 61.2 Å². The Morgan fingerprint density at radius 3 is 2.21 bits per heavy atom. The Morgan fingerprint density at radius 1 is 1.07 bits per heavy atom. The molecule has 1 saturated heterocycles. The molecule has 1 aliphatic rings. The maximum Gasteiger partial charge on any atom is 0.295 e. The van der Waals surface area contributed by atoms with E-state index in [2.05, 4.69) is 0 Å². The molecular formula is C22H24N2O5. The third-order valence-electron chi connectivity index (χ3n) is 4.97. The molecule has 0 spiro atoms. The zero-order valence-corrected chi connectivity index (χ0v) is 16.6. The number of nitrogens with zero attached hydrogens (tertiary/aromatic N) is 2. The second-order valence-corrected chi connectivity index (χ2v) is 6.93. The molecule has 0 bridgehead atoms. The van der Waals surface area contributed by atoms with E-state index in [1.807, 2.05) is 43.3 Å². The van der Waals surface area contributed by atoms with Crippen LogP contribution >= 0.6 is 0 Å². The zero-order valence-electron chi connectivity index (χ0n) is 16.6. The van der Waals surface area contributed by atoms with Crippen LogP contribution in [0, 0.1) is 0 Å². The van der Waals surface area contributed by atoms with E-state index in [-0.39, 0.29) is 24.5 Å². The molecule has 2 aromatic carbocycles. The van der Waals surface area contributed by atoms with Crippen molar-refractivity contribution in [2.45, 2.75) is 6.04 Å². The van der Waals surface area contributed by atoms with Crippen molar-refractivity contribution in [1.29, 1.82) is 0 Å². The van der Waals surface area contributed by atoms with Gasteiger partial charge in [0.15, 0.2) is 0 Å². The van der Waals surface area contributed by atoms with Crippen molar-refractivity contribution in [3.05, 3.63) is 65.2 Å². The molecular weight excluding hydrogens is 372 g/mol. The van der Waals surface area contributed by atoms with Gasteiger partial charge in [0.2, 0.25) is 0 Å². The normalized spacial score (nSPS) is 18.2. The van der Waals surface area contributed by atoms with E-state index in [0.717, 1.165) is 5.69 Å². The number of methoxy groups -OCH3 is 1. The molecule has 0 radical (unpaired) electrons. The number of likely N-dealkylation sites (tertiary alicyclic amines) is 1. The van der Waals surface area contributed by atoms with E-state index in [1.165, 1.54) is 12.0 Å². The Labute approximate surface area is 169 Å². The summed E-state index contributed by atoms with van der Waals surface area (Å²) in [7, 11) is 5.36. The molecule has 2 aromatic rings. The minimum atomic E-state index is -0.777. The van der Waals surface area contributed by atoms with Gasteiger partial charge in [0.05, 0.1) is 25.3 Å². The van der Waals surface area contributed by atoms with Gasteiger partial charge >= 0.3 is 0 Å². The van der Waals surface area contributed by atoms with Gasteiger partial charge in [-0.25, -0.2) is 0 Å². The van der Waals surface area contributed by atoms with Crippen molar-refractivity contribution in [3.8, 4) is 5.75 Å². The molecule has 0 unspecified atom stereocenters. The number of β-amino-alcohol motifs (C(OH)–C–C–N with tert-alkyl or cyclic N) is 1. The van der Waals surface area contributed by atoms with E-state index < -0.39 is 17.7 Å². The van der Waals surface area contributed by atoms with E-state index >= 15 is 0 Å². The number of rotatable bonds is 6. The Hall–Kier alpha value is -3.32. The average molecular weight is 396 g/mol. The highest BCUT2D eigenvalue weighted by Gasteiger charge is 2.45. The highest BCUT2D eigenvalue weighted by molar-refractivity contribution is 6.46. The van der Waals surface area contributed by atoms with Gasteiger partial charge in [0, 0.05) is 31.9 Å². The molecule has 1 fully saturated rings. The van der Waals surface area contributed by atoms with Crippen molar-refractivity contribution in [2.24, 2.45) is 0 Å². The lowest BCUT2D eigenvalue weighted by Gasteiger charge is -2.25. The molecule has 3 rings (SSSR count). The lowest BCUT2D eigenvalue weighted by Crippen LogP contribution is -2.32. The fourth-order valence-electron chi connectivity index (χ4n) is 3.42. The third-order valence-corrected chi connectivity index (χ3v) is 4.97. The molecule has 7 heteroatoms. The topological polar surface area (TPSA) is 90.3 Å². The molecule has 1 heterocycles. The van der Waals surface area contributed by atoms with Gasteiger partial charge < -0.3 is 24.7 Å². The smallest absolute Gasteiger partial charge is 0.295 e. The first-order chi connectivity index (χ1) is 13.9. The van der Waals surface area contributed by atoms with Crippen LogP contribution in [0.25, 0.3) is 5.76 Å². The van der Waals surface area contributed by atoms with Crippen LogP contribution in [-0.2, 0) is 9.59 Å². The van der Waals surface area contributed by atoms with Crippen molar-refractivity contribution >= 4 is 23.1 Å². The van der Waals surface area contributed by atoms with Gasteiger partial charge in [-0.05, 0) is 42.0 Å². The van der Waals surface area contributed by atoms with Crippen molar-refractivity contribution in [1.82, 2.24) is 4.90 Å². The summed E-state index contributed by atoms with van der Waals surface area (Å²) in [4.78, 5) is 28.6. The Morgan fingerprint density at radius 2 is 1.69 bits per heavy atom. The van der Waals surface area contributed by atoms with Crippen molar-refractivity contribution < 1.29 is 24.5 Å². The Bertz CT molecular complexity index is 933. The Kier molecular flexibility index (Phi) is 5.89. The number of carbonyl (C=O) groups is 2. The maximum atomic E-state index is 12.8. The van der Waals surface area contributed by atoms with E-state index in [1.54, 1.807) is 24.3 Å². The number of carbonyl (C=O) groups excluding carboxylic acids is 2. The third kappa shape index (κ3) is 3.82. The van der Waals surface area contributed by atoms with E-state index in [4.69, 9.17) is 4.74 Å². The molecule has 7 nitrogen and oxygen atoms in total. The fraction of sp³-hybridized carbons (Fsp3) is 0.273. The van der Waals surface area contributed by atoms with Crippen molar-refractivity contribution in [2.75, 3.05) is 39.3 Å². The molecule has 2 N–H and O–H groups in total. The monoisotopic (exact) mass is 396 g/mol. The summed E-state index contributed by atoms with van der Waals surface area (Å²) in [5.41, 5.74) is 2.05. The van der Waals surface area contributed by atoms with Gasteiger partial charge in [0.25, 0.3) is 11.7 Å². The first-order valence-corrected chi connectivity index (χ1v) is 9.20. The summed E-state index contributed by atoms with van der Waals surface area (Å²) in [6.45, 7) is -0.300. The van der Waals surface area contributed by atoms with Gasteiger partial charge in [0.1, 0.15) is 11.5 Å². The molecule has 0 aromatic heterocycles. The number of aliphatic hydroxyl groups is 2. The van der Waals surface area contributed by atoms with Crippen molar-refractivity contribution in [3.63, 3.8) is 0 Å². The number of benzene rings is 2. The number of hydrogen-bond acceptors (Lipinski definition) is 6. The van der Waals surface area contributed by atoms with Gasteiger partial charge in [-0.1, -0.05) is 12.1 Å². The predicted molar refractivity (Wildman–Crippen MR) is 110 cm³/mol. The maximum absolute atomic E-state index is 12.8. The standard InChI is InChI=1S/C22H24N2O5/c1-23(2)16-8-4-14(5-9-16)19-18(21(27)22(28)24(19)12-13-25)20(26)15-6-10-17(29-3)11-7-15/h4-11,19,25-26H,12-13H2,1-3H3/t19-/m0/s1. The second kappa shape index (κ2) is 8.36. The average Bonchev–Trinajstić information content (AvgIpc) is 2.98. The summed E-state index contributed by atoms with van der Waals surface area (Å²) >= 11 is 0. The van der Waals surface area contributed by atoms with E-state index in [9.17, 15) is 19.8 Å². The summed E-state index contributed by atoms with van der Waals surface area (Å²) in [6.07, 6.45) is 0. The number of ether oxygens (including phenoxy) is 1. The Balaban J connectivity index is 2.12. The zero-order chi connectivity index (χ0) is 21.1. The summed E-state index contributed by atoms with van der Waals surface area (Å²) < 4.78 is 5.12. The van der Waals surface area contributed by atoms with Gasteiger partial charge in [-0.3, -0.25) is 9.59 Å². The lowest BCUT2D eigenvalue weighted by molar-refractivity contribution is -0.140. The highest BCUT2D eigenvalue weighted by Crippen LogP contribution is 2.39. The van der Waals surface area contributed by atoms with Crippen LogP contribution in [0.15, 0.2) is 54.1 Å². The van der Waals surface area contributed by atoms with E-state index in [0.29, 0.717) is 16.9 Å². The molecule has 1 atom stereocenters. The number of Topliss-reactive ketones (excluding diaryl/α,β-unsaturated/α-hetero) is 1. The SMILES string of the molecule is COc1ccc(C(O)=C2C(=O)C(=O)N(CCO)[C@H]2c2ccc(N(C)C)cc2)cc1. The van der Waals surface area contributed by atoms with Crippen LogP contribution in [0.5, 0.6) is 5.75 Å². The first kappa shape index (κ1) is 20.4. The fourth-order valence-corrected chi connectivity index (χ4v) is 3.42. The second-order valence-electron chi connectivity index (χ2n) is 6.93. The van der Waals surface area contributed by atoms with Crippen LogP contribution in [0.4, 0.5) is 5.69 Å². The number of ketones is 1. The predicted octanol–water partition coefficient (Wildman–Crippen LogP) is 2.18. The minimum absolute atomic E-state index is 0.00576. The largest absolute Gasteiger partial charge is 0.507 e. The molecule has 152 valence electrons. The summed E-state index contributed by atoms with van der Waals surface area (Å²) in [5.74, 6) is -1.16. The van der Waals surface area contributed by atoms with Crippen LogP contribution in [0.2, 0.25) is 0 Å². The quantitative estimate of drug-likeness (QED) is 0.442. The first-order valence-electron chi connectivity index (χ1n) is 9.20. The molecule has 0 saturated carbocycles. The number of amides is 1. The van der Waals surface area contributed by atoms with Crippen LogP contribution < -0.4 is 9.64 Å². The van der Waals surface area contributed by atoms with Crippen LogP contribution in [0.3, 0.4) is 0 Å². The summed E-state index contributed by atoms with van der Waals surface area (Å²) in [6, 6.07) is 13.2. The number of aliphatic hydroxyl groups excluding tert-OH is 2. The summed E-state index contributed by atoms with van der Waals surface area (Å²) in [5, 5.41) is 20.3. The number of anilines is 1. The lowest BCUT2D eigenvalue weighted by atomic mass is 9.95. The van der Waals surface area contributed by atoms with Gasteiger partial charge in [-0.2, -0.15) is 0 Å². The molecule has 1 amide bonds. The molecule has 29 heavy (non-hydrogen) atoms. The van der Waals surface area contributed by atoms with Crippen LogP contribution in [0.1, 0.15) is 17.2 Å². The van der Waals surface area contributed by atoms with Gasteiger partial charge in [-0.15, -0.1) is 0 Å². The molecule has 1 aliphatic heterocycles. The highest BCUT2D eigenvalue weighted by atomic mass is 16.5. The number of hydrogen-bond donors (Lipinski definition) is 2. The molecule has 0 aliphatic carbocycles. The minimum Gasteiger partial charge on any atom is -0.507 e.